The minimum absolute atomic E-state index is 0.0385. The second-order valence-corrected chi connectivity index (χ2v) is 4.45. The highest BCUT2D eigenvalue weighted by Crippen LogP contribution is 2.20. The Morgan fingerprint density at radius 2 is 2.15 bits per heavy atom. The molecule has 0 spiro atoms. The third-order valence-electron chi connectivity index (χ3n) is 2.56. The molecule has 1 heterocycles. The quantitative estimate of drug-likeness (QED) is 0.906. The highest BCUT2D eigenvalue weighted by atomic mass is 35.5. The summed E-state index contributed by atoms with van der Waals surface area (Å²) in [7, 11) is 0. The van der Waals surface area contributed by atoms with Gasteiger partial charge in [-0.2, -0.15) is 0 Å². The van der Waals surface area contributed by atoms with E-state index in [9.17, 15) is 9.18 Å². The lowest BCUT2D eigenvalue weighted by atomic mass is 10.2. The van der Waals surface area contributed by atoms with Gasteiger partial charge in [-0.3, -0.25) is 4.79 Å². The first-order chi connectivity index (χ1) is 9.60. The molecule has 0 aliphatic heterocycles. The molecule has 2 N–H and O–H groups in total. The molecule has 1 amide bonds. The van der Waals surface area contributed by atoms with Crippen molar-refractivity contribution in [1.82, 2.24) is 4.98 Å². The van der Waals surface area contributed by atoms with Crippen LogP contribution in [-0.4, -0.2) is 17.4 Å². The number of nitrogens with zero attached hydrogens (tertiary/aromatic N) is 1. The lowest BCUT2D eigenvalue weighted by Gasteiger charge is -2.07. The number of rotatable bonds is 4. The first-order valence-corrected chi connectivity index (χ1v) is 6.44. The second kappa shape index (κ2) is 6.34. The zero-order valence-corrected chi connectivity index (χ0v) is 11.5. The molecule has 104 valence electrons. The van der Waals surface area contributed by atoms with Gasteiger partial charge in [-0.25, -0.2) is 9.37 Å². The lowest BCUT2D eigenvalue weighted by molar-refractivity contribution is 0.102. The van der Waals surface area contributed by atoms with Crippen LogP contribution < -0.4 is 10.6 Å². The van der Waals surface area contributed by atoms with Gasteiger partial charge in [0, 0.05) is 18.4 Å². The van der Waals surface area contributed by atoms with Gasteiger partial charge in [0.2, 0.25) is 0 Å². The van der Waals surface area contributed by atoms with Crippen molar-refractivity contribution in [1.29, 1.82) is 0 Å². The number of aromatic nitrogens is 1. The highest BCUT2D eigenvalue weighted by Gasteiger charge is 2.08. The number of carbonyl (C=O) groups is 1. The third-order valence-corrected chi connectivity index (χ3v) is 2.85. The van der Waals surface area contributed by atoms with Crippen molar-refractivity contribution in [3.05, 3.63) is 52.9 Å². The fourth-order valence-corrected chi connectivity index (χ4v) is 1.77. The maximum absolute atomic E-state index is 13.0. The largest absolute Gasteiger partial charge is 0.370 e. The molecule has 0 saturated heterocycles. The molecule has 6 heteroatoms. The Morgan fingerprint density at radius 1 is 1.35 bits per heavy atom. The topological polar surface area (TPSA) is 54.0 Å². The Labute approximate surface area is 121 Å². The molecule has 0 bridgehead atoms. The third kappa shape index (κ3) is 3.45. The molecule has 1 aromatic heterocycles. The summed E-state index contributed by atoms with van der Waals surface area (Å²) in [6, 6.07) is 7.38. The van der Waals surface area contributed by atoms with Gasteiger partial charge in [-0.1, -0.05) is 11.6 Å². The van der Waals surface area contributed by atoms with Crippen LogP contribution in [0.2, 0.25) is 5.02 Å². The average Bonchev–Trinajstić information content (AvgIpc) is 2.44. The second-order valence-electron chi connectivity index (χ2n) is 4.05. The Balaban J connectivity index is 2.09. The van der Waals surface area contributed by atoms with E-state index in [4.69, 9.17) is 11.6 Å². The van der Waals surface area contributed by atoms with Crippen molar-refractivity contribution in [2.45, 2.75) is 6.92 Å². The van der Waals surface area contributed by atoms with Gasteiger partial charge in [0.05, 0.1) is 10.6 Å². The van der Waals surface area contributed by atoms with Crippen LogP contribution in [0.25, 0.3) is 0 Å². The number of carbonyl (C=O) groups excluding carboxylic acids is 1. The predicted molar refractivity (Wildman–Crippen MR) is 77.8 cm³/mol. The fourth-order valence-electron chi connectivity index (χ4n) is 1.59. The van der Waals surface area contributed by atoms with Crippen molar-refractivity contribution in [2.75, 3.05) is 17.2 Å². The first-order valence-electron chi connectivity index (χ1n) is 6.06. The van der Waals surface area contributed by atoms with Gasteiger partial charge >= 0.3 is 0 Å². The monoisotopic (exact) mass is 293 g/mol. The Bertz CT molecular complexity index is 616. The van der Waals surface area contributed by atoms with Crippen molar-refractivity contribution in [3.63, 3.8) is 0 Å². The molecule has 1 aromatic carbocycles. The summed E-state index contributed by atoms with van der Waals surface area (Å²) in [5.74, 6) is -0.154. The van der Waals surface area contributed by atoms with E-state index in [1.807, 2.05) is 6.92 Å². The summed E-state index contributed by atoms with van der Waals surface area (Å²) < 4.78 is 13.0. The minimum Gasteiger partial charge on any atom is -0.370 e. The molecule has 0 aliphatic rings. The van der Waals surface area contributed by atoms with Gasteiger partial charge in [-0.05, 0) is 37.3 Å². The van der Waals surface area contributed by atoms with Crippen molar-refractivity contribution in [2.24, 2.45) is 0 Å². The predicted octanol–water partition coefficient (Wildman–Crippen LogP) is 3.56. The molecular formula is C14H13ClFN3O. The maximum Gasteiger partial charge on any atom is 0.257 e. The summed E-state index contributed by atoms with van der Waals surface area (Å²) >= 11 is 5.65. The van der Waals surface area contributed by atoms with Gasteiger partial charge in [0.25, 0.3) is 5.91 Å². The van der Waals surface area contributed by atoms with Crippen molar-refractivity contribution in [3.8, 4) is 0 Å². The summed E-state index contributed by atoms with van der Waals surface area (Å²) in [6.07, 6.45) is 1.47. The van der Waals surface area contributed by atoms with Crippen LogP contribution in [0.15, 0.2) is 36.5 Å². The zero-order chi connectivity index (χ0) is 14.5. The summed E-state index contributed by atoms with van der Waals surface area (Å²) in [5.41, 5.74) is 0.837. The van der Waals surface area contributed by atoms with Gasteiger partial charge in [0.15, 0.2) is 0 Å². The standard InChI is InChI=1S/C14H13ClFN3O/c1-2-17-13-6-3-9(8-18-13)14(20)19-10-4-5-12(16)11(15)7-10/h3-8H,2H2,1H3,(H,17,18)(H,19,20). The number of halogens is 2. The van der Waals surface area contributed by atoms with Gasteiger partial charge < -0.3 is 10.6 Å². The molecule has 0 radical (unpaired) electrons. The number of hydrogen-bond donors (Lipinski definition) is 2. The molecule has 2 aromatic rings. The Kier molecular flexibility index (Phi) is 4.53. The van der Waals surface area contributed by atoms with E-state index in [2.05, 4.69) is 15.6 Å². The van der Waals surface area contributed by atoms with E-state index >= 15 is 0 Å². The number of nitrogens with one attached hydrogen (secondary N) is 2. The van der Waals surface area contributed by atoms with E-state index in [0.717, 1.165) is 6.54 Å². The van der Waals surface area contributed by atoms with Gasteiger partial charge in [0.1, 0.15) is 11.6 Å². The first kappa shape index (κ1) is 14.3. The Hall–Kier alpha value is -2.14. The van der Waals surface area contributed by atoms with Crippen LogP contribution in [0.4, 0.5) is 15.9 Å². The SMILES string of the molecule is CCNc1ccc(C(=O)Nc2ccc(F)c(Cl)c2)cn1. The van der Waals surface area contributed by atoms with Crippen LogP contribution in [0.3, 0.4) is 0 Å². The van der Waals surface area contributed by atoms with E-state index < -0.39 is 5.82 Å². The fraction of sp³-hybridized carbons (Fsp3) is 0.143. The summed E-state index contributed by atoms with van der Waals surface area (Å²) in [5, 5.41) is 5.62. The van der Waals surface area contributed by atoms with Crippen molar-refractivity contribution < 1.29 is 9.18 Å². The molecule has 0 aliphatic carbocycles. The molecular weight excluding hydrogens is 281 g/mol. The molecule has 0 unspecified atom stereocenters. The van der Waals surface area contributed by atoms with Crippen molar-refractivity contribution >= 4 is 29.0 Å². The number of hydrogen-bond acceptors (Lipinski definition) is 3. The van der Waals surface area contributed by atoms with E-state index in [0.29, 0.717) is 17.1 Å². The molecule has 0 saturated carbocycles. The highest BCUT2D eigenvalue weighted by molar-refractivity contribution is 6.31. The van der Waals surface area contributed by atoms with Crippen LogP contribution >= 0.6 is 11.6 Å². The minimum atomic E-state index is -0.527. The number of pyridine rings is 1. The Morgan fingerprint density at radius 3 is 2.75 bits per heavy atom. The lowest BCUT2D eigenvalue weighted by Crippen LogP contribution is -2.12. The van der Waals surface area contributed by atoms with E-state index in [1.54, 1.807) is 12.1 Å². The average molecular weight is 294 g/mol. The number of anilines is 2. The van der Waals surface area contributed by atoms with Crippen LogP contribution in [0.1, 0.15) is 17.3 Å². The zero-order valence-electron chi connectivity index (χ0n) is 10.8. The number of amides is 1. The van der Waals surface area contributed by atoms with Crippen LogP contribution in [0.5, 0.6) is 0 Å². The summed E-state index contributed by atoms with van der Waals surface area (Å²) in [4.78, 5) is 16.1. The normalized spacial score (nSPS) is 10.2. The summed E-state index contributed by atoms with van der Waals surface area (Å²) in [6.45, 7) is 2.72. The van der Waals surface area contributed by atoms with Crippen LogP contribution in [-0.2, 0) is 0 Å². The number of benzene rings is 1. The maximum atomic E-state index is 13.0. The smallest absolute Gasteiger partial charge is 0.257 e. The molecule has 4 nitrogen and oxygen atoms in total. The molecule has 0 atom stereocenters. The van der Waals surface area contributed by atoms with E-state index in [1.165, 1.54) is 24.4 Å². The molecule has 0 fully saturated rings. The van der Waals surface area contributed by atoms with Crippen LogP contribution in [0, 0.1) is 5.82 Å². The van der Waals surface area contributed by atoms with Gasteiger partial charge in [-0.15, -0.1) is 0 Å². The molecule has 20 heavy (non-hydrogen) atoms. The van der Waals surface area contributed by atoms with E-state index in [-0.39, 0.29) is 10.9 Å². The molecule has 2 rings (SSSR count).